The van der Waals surface area contributed by atoms with Crippen LogP contribution in [0.4, 0.5) is 0 Å². The van der Waals surface area contributed by atoms with E-state index in [4.69, 9.17) is 4.74 Å². The summed E-state index contributed by atoms with van der Waals surface area (Å²) < 4.78 is 32.9. The molecule has 3 heterocycles. The number of amides is 1. The number of carbonyl (C=O) groups is 1. The molecule has 0 atom stereocenters. The second-order valence-corrected chi connectivity index (χ2v) is 9.64. The topological polar surface area (TPSA) is 79.0 Å². The van der Waals surface area contributed by atoms with E-state index in [-0.39, 0.29) is 28.8 Å². The van der Waals surface area contributed by atoms with Crippen LogP contribution in [0.5, 0.6) is 0 Å². The number of morpholine rings is 1. The number of ether oxygens (including phenoxy) is 1. The summed E-state index contributed by atoms with van der Waals surface area (Å²) in [7, 11) is -3.70. The summed E-state index contributed by atoms with van der Waals surface area (Å²) in [5.74, 6) is -0.178. The molecule has 0 unspecified atom stereocenters. The molecular weight excluding hydrogens is 402 g/mol. The van der Waals surface area contributed by atoms with E-state index >= 15 is 0 Å². The molecule has 1 aromatic rings. The van der Waals surface area contributed by atoms with E-state index in [0.29, 0.717) is 44.8 Å². The third-order valence-corrected chi connectivity index (χ3v) is 8.11. The molecule has 1 aromatic carbocycles. The maximum absolute atomic E-state index is 13.2. The molecule has 0 radical (unpaired) electrons. The summed E-state index contributed by atoms with van der Waals surface area (Å²) in [5, 5.41) is 3.43. The fraction of sp³-hybridized carbons (Fsp3) is 0.632. The van der Waals surface area contributed by atoms with Crippen LogP contribution in [0.25, 0.3) is 0 Å². The molecule has 0 saturated carbocycles. The summed E-state index contributed by atoms with van der Waals surface area (Å²) in [6, 6.07) is 6.60. The number of benzene rings is 1. The predicted octanol–water partition coefficient (Wildman–Crippen LogP) is 1.35. The highest BCUT2D eigenvalue weighted by Gasteiger charge is 2.39. The number of rotatable bonds is 3. The Morgan fingerprint density at radius 1 is 1.04 bits per heavy atom. The summed E-state index contributed by atoms with van der Waals surface area (Å²) in [5.41, 5.74) is 0.598. The summed E-state index contributed by atoms with van der Waals surface area (Å²) in [4.78, 5) is 15.1. The van der Waals surface area contributed by atoms with E-state index in [1.54, 1.807) is 24.3 Å². The van der Waals surface area contributed by atoms with Crippen LogP contribution in [0.1, 0.15) is 29.6 Å². The first kappa shape index (κ1) is 21.5. The zero-order valence-electron chi connectivity index (χ0n) is 15.9. The Hall–Kier alpha value is -1.19. The van der Waals surface area contributed by atoms with Gasteiger partial charge in [0.2, 0.25) is 10.0 Å². The van der Waals surface area contributed by atoms with Crippen molar-refractivity contribution >= 4 is 28.3 Å². The second kappa shape index (κ2) is 8.67. The highest BCUT2D eigenvalue weighted by molar-refractivity contribution is 7.89. The van der Waals surface area contributed by atoms with Gasteiger partial charge in [-0.3, -0.25) is 4.79 Å². The van der Waals surface area contributed by atoms with Gasteiger partial charge in [0, 0.05) is 32.7 Å². The van der Waals surface area contributed by atoms with E-state index < -0.39 is 10.0 Å². The van der Waals surface area contributed by atoms with Crippen LogP contribution in [0.15, 0.2) is 29.2 Å². The van der Waals surface area contributed by atoms with Crippen LogP contribution in [-0.4, -0.2) is 76.0 Å². The molecular formula is C19H28ClN3O4S. The molecule has 156 valence electrons. The van der Waals surface area contributed by atoms with Crippen LogP contribution in [-0.2, 0) is 14.8 Å². The highest BCUT2D eigenvalue weighted by Crippen LogP contribution is 2.37. The van der Waals surface area contributed by atoms with Gasteiger partial charge in [-0.1, -0.05) is 12.1 Å². The first-order valence-corrected chi connectivity index (χ1v) is 11.1. The molecule has 3 saturated heterocycles. The minimum atomic E-state index is -3.70. The van der Waals surface area contributed by atoms with Crippen molar-refractivity contribution in [2.75, 3.05) is 52.5 Å². The van der Waals surface area contributed by atoms with Crippen molar-refractivity contribution in [2.24, 2.45) is 5.41 Å². The minimum absolute atomic E-state index is 0. The van der Waals surface area contributed by atoms with Gasteiger partial charge in [0.1, 0.15) is 0 Å². The number of hydrogen-bond acceptors (Lipinski definition) is 5. The Morgan fingerprint density at radius 3 is 2.36 bits per heavy atom. The summed E-state index contributed by atoms with van der Waals surface area (Å²) >= 11 is 0. The molecule has 3 aliphatic heterocycles. The van der Waals surface area contributed by atoms with Crippen molar-refractivity contribution < 1.29 is 17.9 Å². The standard InChI is InChI=1S/C19H27N3O4S.ClH/c23-18(21-9-6-19(7-10-21)5-8-20-15-19)16-3-1-2-4-17(16)27(24,25)22-11-13-26-14-12-22;/h1-4,20H,5-15H2;1H. The quantitative estimate of drug-likeness (QED) is 0.784. The molecule has 1 amide bonds. The van der Waals surface area contributed by atoms with Crippen molar-refractivity contribution in [3.8, 4) is 0 Å². The number of likely N-dealkylation sites (tertiary alicyclic amines) is 1. The zero-order chi connectivity index (χ0) is 18.9. The molecule has 9 heteroatoms. The average Bonchev–Trinajstić information content (AvgIpc) is 3.16. The van der Waals surface area contributed by atoms with E-state index in [2.05, 4.69) is 5.32 Å². The van der Waals surface area contributed by atoms with Gasteiger partial charge in [-0.25, -0.2) is 8.42 Å². The predicted molar refractivity (Wildman–Crippen MR) is 108 cm³/mol. The maximum atomic E-state index is 13.2. The number of carbonyl (C=O) groups excluding carboxylic acids is 1. The van der Waals surface area contributed by atoms with Gasteiger partial charge in [0.15, 0.2) is 0 Å². The Balaban J connectivity index is 0.00000225. The van der Waals surface area contributed by atoms with Crippen LogP contribution in [0.3, 0.4) is 0 Å². The average molecular weight is 430 g/mol. The van der Waals surface area contributed by atoms with Crippen molar-refractivity contribution in [1.29, 1.82) is 0 Å². The number of sulfonamides is 1. The Labute approximate surface area is 172 Å². The maximum Gasteiger partial charge on any atom is 0.255 e. The van der Waals surface area contributed by atoms with Gasteiger partial charge >= 0.3 is 0 Å². The number of halogens is 1. The summed E-state index contributed by atoms with van der Waals surface area (Å²) in [6.07, 6.45) is 3.12. The molecule has 4 rings (SSSR count). The van der Waals surface area contributed by atoms with Crippen LogP contribution in [0, 0.1) is 5.41 Å². The van der Waals surface area contributed by atoms with Crippen molar-refractivity contribution in [3.63, 3.8) is 0 Å². The molecule has 0 aliphatic carbocycles. The lowest BCUT2D eigenvalue weighted by atomic mass is 9.78. The van der Waals surface area contributed by atoms with E-state index in [9.17, 15) is 13.2 Å². The highest BCUT2D eigenvalue weighted by atomic mass is 35.5. The number of hydrogen-bond donors (Lipinski definition) is 1. The first-order valence-electron chi connectivity index (χ1n) is 9.69. The molecule has 0 bridgehead atoms. The SMILES string of the molecule is Cl.O=C(c1ccccc1S(=O)(=O)N1CCOCC1)N1CCC2(CCNC2)CC1. The second-order valence-electron chi connectivity index (χ2n) is 7.73. The van der Waals surface area contributed by atoms with Crippen molar-refractivity contribution in [2.45, 2.75) is 24.2 Å². The Bertz CT molecular complexity index is 795. The Morgan fingerprint density at radius 2 is 1.71 bits per heavy atom. The van der Waals surface area contributed by atoms with Gasteiger partial charge in [-0.05, 0) is 43.4 Å². The monoisotopic (exact) mass is 429 g/mol. The van der Waals surface area contributed by atoms with Crippen LogP contribution < -0.4 is 5.32 Å². The molecule has 1 spiro atoms. The van der Waals surface area contributed by atoms with Gasteiger partial charge < -0.3 is 15.0 Å². The van der Waals surface area contributed by atoms with E-state index in [0.717, 1.165) is 32.4 Å². The summed E-state index contributed by atoms with van der Waals surface area (Å²) in [6.45, 7) is 4.87. The van der Waals surface area contributed by atoms with Crippen molar-refractivity contribution in [1.82, 2.24) is 14.5 Å². The Kier molecular flexibility index (Phi) is 6.66. The molecule has 28 heavy (non-hydrogen) atoms. The number of nitrogens with zero attached hydrogens (tertiary/aromatic N) is 2. The molecule has 1 N–H and O–H groups in total. The fourth-order valence-electron chi connectivity index (χ4n) is 4.37. The van der Waals surface area contributed by atoms with Crippen LogP contribution >= 0.6 is 12.4 Å². The number of nitrogens with one attached hydrogen (secondary N) is 1. The molecule has 3 aliphatic rings. The fourth-order valence-corrected chi connectivity index (χ4v) is 5.96. The number of piperidine rings is 1. The normalized spacial score (nSPS) is 22.8. The van der Waals surface area contributed by atoms with Crippen LogP contribution in [0.2, 0.25) is 0 Å². The lowest BCUT2D eigenvalue weighted by Crippen LogP contribution is -2.45. The van der Waals surface area contributed by atoms with E-state index in [1.165, 1.54) is 4.31 Å². The first-order chi connectivity index (χ1) is 13.0. The van der Waals surface area contributed by atoms with Gasteiger partial charge in [0.25, 0.3) is 5.91 Å². The molecule has 3 fully saturated rings. The lowest BCUT2D eigenvalue weighted by Gasteiger charge is -2.39. The largest absolute Gasteiger partial charge is 0.379 e. The molecule has 7 nitrogen and oxygen atoms in total. The van der Waals surface area contributed by atoms with Crippen molar-refractivity contribution in [3.05, 3.63) is 29.8 Å². The van der Waals surface area contributed by atoms with Gasteiger partial charge in [0.05, 0.1) is 23.7 Å². The van der Waals surface area contributed by atoms with Gasteiger partial charge in [-0.2, -0.15) is 4.31 Å². The van der Waals surface area contributed by atoms with Gasteiger partial charge in [-0.15, -0.1) is 12.4 Å². The smallest absolute Gasteiger partial charge is 0.255 e. The third-order valence-electron chi connectivity index (χ3n) is 6.15. The zero-order valence-corrected chi connectivity index (χ0v) is 17.6. The lowest BCUT2D eigenvalue weighted by molar-refractivity contribution is 0.0602. The molecule has 0 aromatic heterocycles. The van der Waals surface area contributed by atoms with E-state index in [1.807, 2.05) is 4.90 Å². The third kappa shape index (κ3) is 4.07. The minimum Gasteiger partial charge on any atom is -0.379 e.